The summed E-state index contributed by atoms with van der Waals surface area (Å²) in [5.41, 5.74) is 0. The molecule has 1 unspecified atom stereocenters. The molecule has 0 radical (unpaired) electrons. The zero-order valence-corrected chi connectivity index (χ0v) is 11.5. The minimum Gasteiger partial charge on any atom is -0.212 e. The van der Waals surface area contributed by atoms with Crippen LogP contribution in [0.15, 0.2) is 0 Å². The zero-order valence-electron chi connectivity index (χ0n) is 9.91. The monoisotopic (exact) mass is 267 g/mol. The molecule has 0 bridgehead atoms. The summed E-state index contributed by atoms with van der Waals surface area (Å²) in [5.74, 6) is 0.593. The van der Waals surface area contributed by atoms with Gasteiger partial charge in [0.25, 0.3) is 0 Å². The lowest BCUT2D eigenvalue weighted by atomic mass is 10.0. The van der Waals surface area contributed by atoms with Crippen LogP contribution in [0.1, 0.15) is 51.9 Å². The zero-order chi connectivity index (χ0) is 12.0. The standard InChI is InChI=1S/C11H22ClNO2S/c1-10(6-5-9-12)13-16(14,15)11-7-3-2-4-8-11/h10-11,13H,2-9H2,1H3. The van der Waals surface area contributed by atoms with Crippen molar-refractivity contribution in [2.75, 3.05) is 5.88 Å². The molecule has 0 aliphatic heterocycles. The number of nitrogens with one attached hydrogen (secondary N) is 1. The lowest BCUT2D eigenvalue weighted by Crippen LogP contribution is -2.40. The van der Waals surface area contributed by atoms with Gasteiger partial charge >= 0.3 is 0 Å². The molecule has 1 saturated carbocycles. The third kappa shape index (κ3) is 4.60. The largest absolute Gasteiger partial charge is 0.214 e. The van der Waals surface area contributed by atoms with Gasteiger partial charge in [-0.15, -0.1) is 11.6 Å². The third-order valence-electron chi connectivity index (χ3n) is 3.13. The minimum absolute atomic E-state index is 0.00526. The van der Waals surface area contributed by atoms with Gasteiger partial charge in [0.15, 0.2) is 0 Å². The van der Waals surface area contributed by atoms with E-state index in [0.717, 1.165) is 38.5 Å². The molecule has 1 aliphatic carbocycles. The van der Waals surface area contributed by atoms with Gasteiger partial charge in [-0.2, -0.15) is 0 Å². The van der Waals surface area contributed by atoms with E-state index in [1.807, 2.05) is 6.92 Å². The fraction of sp³-hybridized carbons (Fsp3) is 1.00. The van der Waals surface area contributed by atoms with Crippen molar-refractivity contribution in [3.63, 3.8) is 0 Å². The molecule has 96 valence electrons. The first-order chi connectivity index (χ1) is 7.56. The molecule has 0 heterocycles. The summed E-state index contributed by atoms with van der Waals surface area (Å²) < 4.78 is 26.8. The van der Waals surface area contributed by atoms with Crippen LogP contribution in [0.25, 0.3) is 0 Å². The smallest absolute Gasteiger partial charge is 0.212 e. The highest BCUT2D eigenvalue weighted by Crippen LogP contribution is 2.23. The first-order valence-electron chi connectivity index (χ1n) is 6.13. The fourth-order valence-corrected chi connectivity index (χ4v) is 4.17. The highest BCUT2D eigenvalue weighted by molar-refractivity contribution is 7.90. The predicted octanol–water partition coefficient (Wildman–Crippen LogP) is 2.65. The molecule has 0 aromatic heterocycles. The number of alkyl halides is 1. The van der Waals surface area contributed by atoms with Gasteiger partial charge in [-0.05, 0) is 32.6 Å². The van der Waals surface area contributed by atoms with Crippen molar-refractivity contribution in [1.29, 1.82) is 0 Å². The molecule has 1 rings (SSSR count). The summed E-state index contributed by atoms with van der Waals surface area (Å²) in [4.78, 5) is 0. The predicted molar refractivity (Wildman–Crippen MR) is 68.3 cm³/mol. The molecule has 0 aromatic carbocycles. The van der Waals surface area contributed by atoms with Crippen LogP contribution in [0, 0.1) is 0 Å². The van der Waals surface area contributed by atoms with Crippen molar-refractivity contribution < 1.29 is 8.42 Å². The highest BCUT2D eigenvalue weighted by Gasteiger charge is 2.27. The van der Waals surface area contributed by atoms with Gasteiger partial charge in [0.1, 0.15) is 0 Å². The molecule has 16 heavy (non-hydrogen) atoms. The fourth-order valence-electron chi connectivity index (χ4n) is 2.19. The molecule has 5 heteroatoms. The number of hydrogen-bond donors (Lipinski definition) is 1. The van der Waals surface area contributed by atoms with E-state index < -0.39 is 10.0 Å². The van der Waals surface area contributed by atoms with Gasteiger partial charge in [-0.25, -0.2) is 13.1 Å². The first kappa shape index (κ1) is 14.3. The number of halogens is 1. The maximum Gasteiger partial charge on any atom is 0.214 e. The molecular formula is C11H22ClNO2S. The molecule has 0 aromatic rings. The van der Waals surface area contributed by atoms with Crippen molar-refractivity contribution in [3.05, 3.63) is 0 Å². The van der Waals surface area contributed by atoms with Crippen molar-refractivity contribution in [2.24, 2.45) is 0 Å². The highest BCUT2D eigenvalue weighted by atomic mass is 35.5. The molecule has 0 saturated heterocycles. The van der Waals surface area contributed by atoms with Gasteiger partial charge in [0.05, 0.1) is 5.25 Å². The van der Waals surface area contributed by atoms with E-state index >= 15 is 0 Å². The van der Waals surface area contributed by atoms with E-state index in [4.69, 9.17) is 11.6 Å². The Kier molecular flexibility index (Phi) is 6.08. The van der Waals surface area contributed by atoms with Crippen molar-refractivity contribution in [2.45, 2.75) is 63.2 Å². The molecule has 1 aliphatic rings. The van der Waals surface area contributed by atoms with Crippen LogP contribution in [0.3, 0.4) is 0 Å². The maximum atomic E-state index is 12.0. The molecule has 0 spiro atoms. The molecular weight excluding hydrogens is 246 g/mol. The minimum atomic E-state index is -3.11. The summed E-state index contributed by atoms with van der Waals surface area (Å²) in [7, 11) is -3.11. The average Bonchev–Trinajstić information content (AvgIpc) is 2.27. The van der Waals surface area contributed by atoms with Gasteiger partial charge < -0.3 is 0 Å². The van der Waals surface area contributed by atoms with Crippen LogP contribution in [-0.4, -0.2) is 25.6 Å². The van der Waals surface area contributed by atoms with E-state index in [9.17, 15) is 8.42 Å². The van der Waals surface area contributed by atoms with Crippen molar-refractivity contribution in [3.8, 4) is 0 Å². The van der Waals surface area contributed by atoms with Gasteiger partial charge in [-0.3, -0.25) is 0 Å². The summed E-state index contributed by atoms with van der Waals surface area (Å²) in [6.07, 6.45) is 6.57. The normalized spacial score (nSPS) is 20.9. The quantitative estimate of drug-likeness (QED) is 0.752. The maximum absolute atomic E-state index is 12.0. The van der Waals surface area contributed by atoms with Crippen LogP contribution in [0.4, 0.5) is 0 Å². The Morgan fingerprint density at radius 1 is 1.31 bits per heavy atom. The van der Waals surface area contributed by atoms with Crippen molar-refractivity contribution >= 4 is 21.6 Å². The summed E-state index contributed by atoms with van der Waals surface area (Å²) in [6.45, 7) is 1.91. The topological polar surface area (TPSA) is 46.2 Å². The Morgan fingerprint density at radius 3 is 2.50 bits per heavy atom. The number of rotatable bonds is 6. The summed E-state index contributed by atoms with van der Waals surface area (Å²) in [6, 6.07) is 0.00526. The molecule has 3 nitrogen and oxygen atoms in total. The van der Waals surface area contributed by atoms with E-state index in [0.29, 0.717) is 5.88 Å². The lowest BCUT2D eigenvalue weighted by Gasteiger charge is -2.24. The summed E-state index contributed by atoms with van der Waals surface area (Å²) in [5, 5.41) is -0.167. The summed E-state index contributed by atoms with van der Waals surface area (Å²) >= 11 is 5.59. The second-order valence-electron chi connectivity index (χ2n) is 4.66. The van der Waals surface area contributed by atoms with E-state index in [-0.39, 0.29) is 11.3 Å². The molecule has 1 fully saturated rings. The lowest BCUT2D eigenvalue weighted by molar-refractivity contribution is 0.468. The van der Waals surface area contributed by atoms with E-state index in [1.54, 1.807) is 0 Å². The number of hydrogen-bond acceptors (Lipinski definition) is 2. The van der Waals surface area contributed by atoms with Crippen LogP contribution in [0.5, 0.6) is 0 Å². The van der Waals surface area contributed by atoms with Crippen molar-refractivity contribution in [1.82, 2.24) is 4.72 Å². The van der Waals surface area contributed by atoms with E-state index in [1.165, 1.54) is 6.42 Å². The Morgan fingerprint density at radius 2 is 1.94 bits per heavy atom. The SMILES string of the molecule is CC(CCCCl)NS(=O)(=O)C1CCCCC1. The average molecular weight is 268 g/mol. The van der Waals surface area contributed by atoms with Gasteiger partial charge in [0.2, 0.25) is 10.0 Å². The molecule has 1 N–H and O–H groups in total. The molecule has 1 atom stereocenters. The Balaban J connectivity index is 2.43. The molecule has 0 amide bonds. The van der Waals surface area contributed by atoms with E-state index in [2.05, 4.69) is 4.72 Å². The third-order valence-corrected chi connectivity index (χ3v) is 5.47. The second-order valence-corrected chi connectivity index (χ2v) is 7.03. The van der Waals surface area contributed by atoms with Crippen LogP contribution in [-0.2, 0) is 10.0 Å². The van der Waals surface area contributed by atoms with Gasteiger partial charge in [-0.1, -0.05) is 19.3 Å². The van der Waals surface area contributed by atoms with Crippen LogP contribution < -0.4 is 4.72 Å². The number of sulfonamides is 1. The first-order valence-corrected chi connectivity index (χ1v) is 8.21. The Labute approximate surface area is 104 Å². The second kappa shape index (κ2) is 6.82. The Hall–Kier alpha value is 0.200. The van der Waals surface area contributed by atoms with Gasteiger partial charge in [0, 0.05) is 11.9 Å². The van der Waals surface area contributed by atoms with Crippen LogP contribution >= 0.6 is 11.6 Å². The Bertz CT molecular complexity index is 286. The van der Waals surface area contributed by atoms with Crippen LogP contribution in [0.2, 0.25) is 0 Å².